The van der Waals surface area contributed by atoms with Crippen LogP contribution in [0.1, 0.15) is 39.0 Å². The average Bonchev–Trinajstić information content (AvgIpc) is 2.60. The molecule has 2 fully saturated rings. The molecular formula is C15H18O3. The van der Waals surface area contributed by atoms with Crippen LogP contribution in [0.25, 0.3) is 0 Å². The average molecular weight is 246 g/mol. The van der Waals surface area contributed by atoms with Gasteiger partial charge in [-0.2, -0.15) is 0 Å². The number of carbonyl (C=O) groups is 2. The van der Waals surface area contributed by atoms with Gasteiger partial charge in [0.25, 0.3) is 0 Å². The largest absolute Gasteiger partial charge is 0.458 e. The van der Waals surface area contributed by atoms with Gasteiger partial charge >= 0.3 is 5.97 Å². The van der Waals surface area contributed by atoms with Crippen molar-refractivity contribution in [2.45, 2.75) is 45.1 Å². The molecule has 1 heterocycles. The van der Waals surface area contributed by atoms with E-state index >= 15 is 0 Å². The van der Waals surface area contributed by atoms with Gasteiger partial charge in [0.2, 0.25) is 0 Å². The van der Waals surface area contributed by atoms with E-state index in [0.717, 1.165) is 44.0 Å². The maximum absolute atomic E-state index is 11.6. The summed E-state index contributed by atoms with van der Waals surface area (Å²) < 4.78 is 5.41. The lowest BCUT2D eigenvalue weighted by atomic mass is 9.60. The van der Waals surface area contributed by atoms with Crippen molar-refractivity contribution in [2.75, 3.05) is 0 Å². The second-order valence-electron chi connectivity index (χ2n) is 6.02. The Kier molecular flexibility index (Phi) is 2.47. The molecule has 0 aromatic rings. The van der Waals surface area contributed by atoms with E-state index in [1.165, 1.54) is 5.57 Å². The van der Waals surface area contributed by atoms with Crippen LogP contribution >= 0.6 is 0 Å². The van der Waals surface area contributed by atoms with Crippen molar-refractivity contribution in [2.24, 2.45) is 11.3 Å². The predicted molar refractivity (Wildman–Crippen MR) is 66.8 cm³/mol. The summed E-state index contributed by atoms with van der Waals surface area (Å²) in [6.07, 6.45) is 5.63. The first-order valence-corrected chi connectivity index (χ1v) is 6.62. The quantitative estimate of drug-likeness (QED) is 0.406. The summed E-state index contributed by atoms with van der Waals surface area (Å²) in [4.78, 5) is 22.8. The third kappa shape index (κ3) is 1.49. The van der Waals surface area contributed by atoms with E-state index < -0.39 is 0 Å². The van der Waals surface area contributed by atoms with E-state index in [-0.39, 0.29) is 23.4 Å². The maximum atomic E-state index is 11.6. The zero-order chi connectivity index (χ0) is 12.9. The van der Waals surface area contributed by atoms with Crippen molar-refractivity contribution in [3.63, 3.8) is 0 Å². The van der Waals surface area contributed by atoms with E-state index in [4.69, 9.17) is 4.74 Å². The summed E-state index contributed by atoms with van der Waals surface area (Å²) in [7, 11) is 0. The predicted octanol–water partition coefficient (Wildman–Crippen LogP) is 2.56. The fraction of sp³-hybridized carbons (Fsp3) is 0.600. The molecule has 3 heteroatoms. The summed E-state index contributed by atoms with van der Waals surface area (Å²) in [6.45, 7) is 6.05. The van der Waals surface area contributed by atoms with Gasteiger partial charge in [-0.25, -0.2) is 4.79 Å². The molecule has 1 aliphatic heterocycles. The molecule has 0 aromatic heterocycles. The zero-order valence-electron chi connectivity index (χ0n) is 10.7. The minimum Gasteiger partial charge on any atom is -0.458 e. The van der Waals surface area contributed by atoms with E-state index in [0.29, 0.717) is 5.57 Å². The normalized spacial score (nSPS) is 39.2. The molecule has 1 saturated heterocycles. The van der Waals surface area contributed by atoms with Crippen LogP contribution in [0, 0.1) is 11.3 Å². The highest BCUT2D eigenvalue weighted by atomic mass is 16.6. The van der Waals surface area contributed by atoms with Gasteiger partial charge in [0, 0.05) is 11.5 Å². The molecule has 3 nitrogen and oxygen atoms in total. The number of esters is 1. The Morgan fingerprint density at radius 3 is 3.00 bits per heavy atom. The Morgan fingerprint density at radius 1 is 1.50 bits per heavy atom. The van der Waals surface area contributed by atoms with Gasteiger partial charge in [0.05, 0.1) is 0 Å². The van der Waals surface area contributed by atoms with Gasteiger partial charge in [-0.15, -0.1) is 0 Å². The SMILES string of the molecule is C=C1C(=O)O[C@@H]2C[C@@]3(C)CCCC(C=O)=C3C[C@H]12. The molecule has 0 spiro atoms. The number of ether oxygens (including phenoxy) is 1. The number of fused-ring (bicyclic) bond motifs is 2. The lowest BCUT2D eigenvalue weighted by molar-refractivity contribution is -0.140. The lowest BCUT2D eigenvalue weighted by Gasteiger charge is -2.44. The van der Waals surface area contributed by atoms with E-state index in [1.807, 2.05) is 0 Å². The smallest absolute Gasteiger partial charge is 0.334 e. The maximum Gasteiger partial charge on any atom is 0.334 e. The fourth-order valence-electron chi connectivity index (χ4n) is 3.86. The Labute approximate surface area is 107 Å². The number of hydrogen-bond acceptors (Lipinski definition) is 3. The van der Waals surface area contributed by atoms with Crippen LogP contribution in [-0.2, 0) is 14.3 Å². The highest BCUT2D eigenvalue weighted by molar-refractivity contribution is 5.91. The molecule has 0 bridgehead atoms. The molecule has 96 valence electrons. The van der Waals surface area contributed by atoms with Crippen molar-refractivity contribution in [1.82, 2.24) is 0 Å². The van der Waals surface area contributed by atoms with Crippen molar-refractivity contribution in [3.8, 4) is 0 Å². The summed E-state index contributed by atoms with van der Waals surface area (Å²) in [6, 6.07) is 0. The van der Waals surface area contributed by atoms with E-state index in [9.17, 15) is 9.59 Å². The van der Waals surface area contributed by atoms with Crippen molar-refractivity contribution >= 4 is 12.3 Å². The zero-order valence-corrected chi connectivity index (χ0v) is 10.7. The molecule has 2 aliphatic carbocycles. The van der Waals surface area contributed by atoms with Gasteiger partial charge in [0.15, 0.2) is 0 Å². The number of hydrogen-bond donors (Lipinski definition) is 0. The summed E-state index contributed by atoms with van der Waals surface area (Å²) >= 11 is 0. The van der Waals surface area contributed by atoms with Gasteiger partial charge in [-0.3, -0.25) is 4.79 Å². The number of aldehydes is 1. The minimum absolute atomic E-state index is 0.0234. The van der Waals surface area contributed by atoms with Crippen LogP contribution in [0.3, 0.4) is 0 Å². The Bertz CT molecular complexity index is 474. The Balaban J connectivity index is 2.01. The summed E-state index contributed by atoms with van der Waals surface area (Å²) in [5.41, 5.74) is 2.84. The van der Waals surface area contributed by atoms with E-state index in [2.05, 4.69) is 13.5 Å². The van der Waals surface area contributed by atoms with Crippen molar-refractivity contribution in [1.29, 1.82) is 0 Å². The minimum atomic E-state index is -0.250. The number of carbonyl (C=O) groups excluding carboxylic acids is 2. The van der Waals surface area contributed by atoms with Crippen molar-refractivity contribution in [3.05, 3.63) is 23.3 Å². The third-order valence-electron chi connectivity index (χ3n) is 4.93. The molecule has 0 aromatic carbocycles. The molecule has 0 amide bonds. The molecule has 0 unspecified atom stereocenters. The van der Waals surface area contributed by atoms with Crippen LogP contribution in [0.5, 0.6) is 0 Å². The standard InChI is InChI=1S/C15H18O3/c1-9-11-6-12-10(8-16)4-3-5-15(12,2)7-13(11)18-14(9)17/h8,11,13H,1,3-7H2,2H3/t11-,13-,15-/m1/s1. The van der Waals surface area contributed by atoms with Gasteiger partial charge in [-0.05, 0) is 43.1 Å². The highest BCUT2D eigenvalue weighted by Crippen LogP contribution is 2.54. The second-order valence-corrected chi connectivity index (χ2v) is 6.02. The Morgan fingerprint density at radius 2 is 2.28 bits per heavy atom. The molecular weight excluding hydrogens is 228 g/mol. The molecule has 3 rings (SSSR count). The highest BCUT2D eigenvalue weighted by Gasteiger charge is 2.50. The van der Waals surface area contributed by atoms with Crippen LogP contribution in [0.4, 0.5) is 0 Å². The van der Waals surface area contributed by atoms with Gasteiger partial charge in [-0.1, -0.05) is 19.1 Å². The first-order chi connectivity index (χ1) is 8.55. The molecule has 3 aliphatic rings. The molecule has 1 saturated carbocycles. The molecule has 0 N–H and O–H groups in total. The monoisotopic (exact) mass is 246 g/mol. The fourth-order valence-corrected chi connectivity index (χ4v) is 3.86. The van der Waals surface area contributed by atoms with Crippen LogP contribution in [0.15, 0.2) is 23.3 Å². The van der Waals surface area contributed by atoms with Crippen molar-refractivity contribution < 1.29 is 14.3 Å². The number of allylic oxidation sites excluding steroid dienone is 2. The molecule has 0 radical (unpaired) electrons. The Hall–Kier alpha value is -1.38. The summed E-state index contributed by atoms with van der Waals surface area (Å²) in [5, 5.41) is 0. The second kappa shape index (κ2) is 3.81. The summed E-state index contributed by atoms with van der Waals surface area (Å²) in [5.74, 6) is -0.158. The van der Waals surface area contributed by atoms with Crippen LogP contribution in [-0.4, -0.2) is 18.4 Å². The van der Waals surface area contributed by atoms with Crippen LogP contribution < -0.4 is 0 Å². The van der Waals surface area contributed by atoms with E-state index in [1.54, 1.807) is 0 Å². The van der Waals surface area contributed by atoms with Crippen LogP contribution in [0.2, 0.25) is 0 Å². The molecule has 3 atom stereocenters. The lowest BCUT2D eigenvalue weighted by Crippen LogP contribution is -2.38. The van der Waals surface area contributed by atoms with Gasteiger partial charge < -0.3 is 4.74 Å². The van der Waals surface area contributed by atoms with Gasteiger partial charge in [0.1, 0.15) is 12.4 Å². The third-order valence-corrected chi connectivity index (χ3v) is 4.93. The molecule has 18 heavy (non-hydrogen) atoms. The first kappa shape index (κ1) is 11.7. The topological polar surface area (TPSA) is 43.4 Å². The first-order valence-electron chi connectivity index (χ1n) is 6.62. The number of rotatable bonds is 1.